The Balaban J connectivity index is 1.52. The van der Waals surface area contributed by atoms with Gasteiger partial charge < -0.3 is 25.7 Å². The summed E-state index contributed by atoms with van der Waals surface area (Å²) in [6.45, 7) is 4.94. The summed E-state index contributed by atoms with van der Waals surface area (Å²) in [6.07, 6.45) is 1.34. The summed E-state index contributed by atoms with van der Waals surface area (Å²) in [4.78, 5) is 42.5. The molecular formula is C31H38N6O4. The molecule has 1 fully saturated rings. The van der Waals surface area contributed by atoms with Gasteiger partial charge in [-0.3, -0.25) is 19.7 Å². The first-order chi connectivity index (χ1) is 19.8. The lowest BCUT2D eigenvalue weighted by atomic mass is 9.93. The van der Waals surface area contributed by atoms with E-state index in [9.17, 15) is 19.6 Å². The van der Waals surface area contributed by atoms with Gasteiger partial charge in [0.1, 0.15) is 23.5 Å². The van der Waals surface area contributed by atoms with Crippen molar-refractivity contribution in [2.24, 2.45) is 11.8 Å². The normalized spacial score (nSPS) is 17.0. The van der Waals surface area contributed by atoms with Crippen LogP contribution in [0.4, 0.5) is 0 Å². The van der Waals surface area contributed by atoms with E-state index in [1.54, 1.807) is 13.2 Å². The molecule has 3 amide bonds. The first kappa shape index (κ1) is 29.6. The number of rotatable bonds is 13. The molecule has 5 N–H and O–H groups in total. The van der Waals surface area contributed by atoms with Gasteiger partial charge in [-0.05, 0) is 48.9 Å². The minimum Gasteiger partial charge on any atom is -0.496 e. The van der Waals surface area contributed by atoms with Gasteiger partial charge in [0.05, 0.1) is 19.2 Å². The summed E-state index contributed by atoms with van der Waals surface area (Å²) in [6, 6.07) is 16.9. The Kier molecular flexibility index (Phi) is 9.98. The number of carbonyl (C=O) groups is 3. The molecule has 1 aromatic heterocycles. The Morgan fingerprint density at radius 1 is 1.12 bits per heavy atom. The average Bonchev–Trinajstić information content (AvgIpc) is 3.59. The van der Waals surface area contributed by atoms with Crippen LogP contribution in [0.5, 0.6) is 5.75 Å². The molecule has 0 spiro atoms. The van der Waals surface area contributed by atoms with Gasteiger partial charge in [-0.2, -0.15) is 5.26 Å². The van der Waals surface area contributed by atoms with E-state index in [-0.39, 0.29) is 17.7 Å². The number of methoxy groups -OCH3 is 1. The smallest absolute Gasteiger partial charge is 0.268 e. The first-order valence-electron chi connectivity index (χ1n) is 14.0. The Morgan fingerprint density at radius 3 is 2.56 bits per heavy atom. The number of hydrogen-bond donors (Lipinski definition) is 5. The minimum atomic E-state index is -0.843. The second kappa shape index (κ2) is 13.8. The summed E-state index contributed by atoms with van der Waals surface area (Å²) in [5.41, 5.74) is 2.05. The monoisotopic (exact) mass is 558 g/mol. The highest BCUT2D eigenvalue weighted by Gasteiger charge is 2.34. The third-order valence-electron chi connectivity index (χ3n) is 7.36. The van der Waals surface area contributed by atoms with Gasteiger partial charge in [-0.15, -0.1) is 0 Å². The SMILES string of the molecule is COc1cccc2[nH]c(C(=O)N[C@@H](CC(C)C)C(=O)N[C@@H](C[C@@H]3CCNC3=O)C(C#N)NCc3ccccc3)cc12. The number of aromatic amines is 1. The van der Waals surface area contributed by atoms with Crippen molar-refractivity contribution in [3.8, 4) is 11.8 Å². The molecule has 2 heterocycles. The molecule has 10 heteroatoms. The Labute approximate surface area is 240 Å². The number of nitriles is 1. The van der Waals surface area contributed by atoms with Gasteiger partial charge in [0.2, 0.25) is 11.8 Å². The van der Waals surface area contributed by atoms with Crippen LogP contribution in [0, 0.1) is 23.2 Å². The minimum absolute atomic E-state index is 0.0785. The topological polar surface area (TPSA) is 148 Å². The maximum Gasteiger partial charge on any atom is 0.268 e. The Hall–Kier alpha value is -4.36. The number of aromatic nitrogens is 1. The highest BCUT2D eigenvalue weighted by molar-refractivity contribution is 6.01. The number of fused-ring (bicyclic) bond motifs is 1. The highest BCUT2D eigenvalue weighted by Crippen LogP contribution is 2.26. The predicted molar refractivity (Wildman–Crippen MR) is 156 cm³/mol. The molecule has 3 aromatic rings. The van der Waals surface area contributed by atoms with Gasteiger partial charge in [0, 0.05) is 29.9 Å². The van der Waals surface area contributed by atoms with E-state index in [0.29, 0.717) is 43.8 Å². The van der Waals surface area contributed by atoms with Crippen LogP contribution >= 0.6 is 0 Å². The average molecular weight is 559 g/mol. The van der Waals surface area contributed by atoms with Crippen LogP contribution in [0.2, 0.25) is 0 Å². The van der Waals surface area contributed by atoms with E-state index in [0.717, 1.165) is 16.5 Å². The molecule has 1 unspecified atom stereocenters. The van der Waals surface area contributed by atoms with E-state index < -0.39 is 29.9 Å². The first-order valence-corrected chi connectivity index (χ1v) is 14.0. The summed E-state index contributed by atoms with van der Waals surface area (Å²) >= 11 is 0. The fraction of sp³-hybridized carbons (Fsp3) is 0.419. The highest BCUT2D eigenvalue weighted by atomic mass is 16.5. The van der Waals surface area contributed by atoms with Crippen molar-refractivity contribution in [2.45, 2.75) is 57.8 Å². The van der Waals surface area contributed by atoms with Gasteiger partial charge in [0.15, 0.2) is 0 Å². The maximum atomic E-state index is 13.7. The summed E-state index contributed by atoms with van der Waals surface area (Å²) in [5.74, 6) is -0.463. The molecule has 1 saturated heterocycles. The lowest BCUT2D eigenvalue weighted by Crippen LogP contribution is -2.56. The fourth-order valence-corrected chi connectivity index (χ4v) is 5.21. The molecule has 41 heavy (non-hydrogen) atoms. The van der Waals surface area contributed by atoms with E-state index >= 15 is 0 Å². The number of ether oxygens (including phenoxy) is 1. The molecule has 1 aliphatic heterocycles. The molecular weight excluding hydrogens is 520 g/mol. The quantitative estimate of drug-likeness (QED) is 0.218. The van der Waals surface area contributed by atoms with Crippen LogP contribution in [0.1, 0.15) is 49.2 Å². The van der Waals surface area contributed by atoms with Crippen LogP contribution in [0.15, 0.2) is 54.6 Å². The number of hydrogen-bond acceptors (Lipinski definition) is 6. The predicted octanol–water partition coefficient (Wildman–Crippen LogP) is 3.01. The van der Waals surface area contributed by atoms with Crippen LogP contribution < -0.4 is 26.0 Å². The molecule has 4 rings (SSSR count). The van der Waals surface area contributed by atoms with Crippen LogP contribution in [-0.4, -0.2) is 54.5 Å². The number of H-pyrrole nitrogens is 1. The van der Waals surface area contributed by atoms with Crippen LogP contribution in [0.3, 0.4) is 0 Å². The number of nitrogens with zero attached hydrogens (tertiary/aromatic N) is 1. The summed E-state index contributed by atoms with van der Waals surface area (Å²) < 4.78 is 5.40. The van der Waals surface area contributed by atoms with Crippen molar-refractivity contribution in [3.05, 3.63) is 65.9 Å². The molecule has 2 aromatic carbocycles. The molecule has 0 bridgehead atoms. The van der Waals surface area contributed by atoms with E-state index in [2.05, 4.69) is 32.3 Å². The lowest BCUT2D eigenvalue weighted by molar-refractivity contribution is -0.126. The van der Waals surface area contributed by atoms with E-state index in [1.165, 1.54) is 0 Å². The maximum absolute atomic E-state index is 13.7. The number of nitrogens with one attached hydrogen (secondary N) is 5. The standard InChI is InChI=1S/C31H38N6O4/c1-19(2)14-25(37-31(40)26-16-22-23(35-26)10-7-11-28(22)41-3)30(39)36-24(15-21-12-13-33-29(21)38)27(17-32)34-18-20-8-5-4-6-9-20/h4-11,16,19,21,24-25,27,34-35H,12-15,18H2,1-3H3,(H,33,38)(H,36,39)(H,37,40)/t21-,24-,25-,27?/m0/s1. The second-order valence-corrected chi connectivity index (χ2v) is 10.9. The molecule has 0 radical (unpaired) electrons. The zero-order valence-corrected chi connectivity index (χ0v) is 23.7. The molecule has 216 valence electrons. The van der Waals surface area contributed by atoms with Gasteiger partial charge in [-0.1, -0.05) is 50.2 Å². The van der Waals surface area contributed by atoms with E-state index in [4.69, 9.17) is 4.74 Å². The number of carbonyl (C=O) groups excluding carboxylic acids is 3. The Morgan fingerprint density at radius 2 is 1.90 bits per heavy atom. The zero-order chi connectivity index (χ0) is 29.4. The van der Waals surface area contributed by atoms with E-state index in [1.807, 2.05) is 62.4 Å². The van der Waals surface area contributed by atoms with Gasteiger partial charge >= 0.3 is 0 Å². The van der Waals surface area contributed by atoms with Crippen molar-refractivity contribution in [1.29, 1.82) is 5.26 Å². The van der Waals surface area contributed by atoms with Crippen molar-refractivity contribution in [2.75, 3.05) is 13.7 Å². The van der Waals surface area contributed by atoms with Gasteiger partial charge in [0.25, 0.3) is 5.91 Å². The van der Waals surface area contributed by atoms with Crippen molar-refractivity contribution < 1.29 is 19.1 Å². The summed E-state index contributed by atoms with van der Waals surface area (Å²) in [5, 5.41) is 22.8. The number of amides is 3. The van der Waals surface area contributed by atoms with Gasteiger partial charge in [-0.25, -0.2) is 0 Å². The molecule has 0 saturated carbocycles. The van der Waals surface area contributed by atoms with Crippen molar-refractivity contribution in [3.63, 3.8) is 0 Å². The molecule has 10 nitrogen and oxygen atoms in total. The molecule has 1 aliphatic rings. The van der Waals surface area contributed by atoms with Crippen molar-refractivity contribution >= 4 is 28.6 Å². The third kappa shape index (κ3) is 7.64. The number of benzene rings is 2. The second-order valence-electron chi connectivity index (χ2n) is 10.9. The van der Waals surface area contributed by atoms with Crippen molar-refractivity contribution in [1.82, 2.24) is 26.3 Å². The largest absolute Gasteiger partial charge is 0.496 e. The Bertz CT molecular complexity index is 1400. The third-order valence-corrected chi connectivity index (χ3v) is 7.36. The van der Waals surface area contributed by atoms with Crippen LogP contribution in [-0.2, 0) is 16.1 Å². The molecule has 4 atom stereocenters. The van der Waals surface area contributed by atoms with Crippen LogP contribution in [0.25, 0.3) is 10.9 Å². The summed E-state index contributed by atoms with van der Waals surface area (Å²) in [7, 11) is 1.57. The lowest BCUT2D eigenvalue weighted by Gasteiger charge is -2.29. The molecule has 0 aliphatic carbocycles. The zero-order valence-electron chi connectivity index (χ0n) is 23.7. The fourth-order valence-electron chi connectivity index (χ4n) is 5.21.